The van der Waals surface area contributed by atoms with Crippen LogP contribution in [-0.2, 0) is 6.54 Å². The first kappa shape index (κ1) is 19.6. The van der Waals surface area contributed by atoms with Gasteiger partial charge in [-0.3, -0.25) is 15.0 Å². The third-order valence-corrected chi connectivity index (χ3v) is 5.05. The van der Waals surface area contributed by atoms with Crippen LogP contribution in [-0.4, -0.2) is 68.2 Å². The maximum Gasteiger partial charge on any atom is 0.277 e. The summed E-state index contributed by atoms with van der Waals surface area (Å²) in [6.45, 7) is 4.31. The number of fused-ring (bicyclic) bond motifs is 2. The van der Waals surface area contributed by atoms with Crippen LogP contribution in [0.4, 0.5) is 0 Å². The smallest absolute Gasteiger partial charge is 0.277 e. The minimum atomic E-state index is -0.374. The molecule has 1 aliphatic rings. The van der Waals surface area contributed by atoms with E-state index in [4.69, 9.17) is 0 Å². The molecule has 0 bridgehead atoms. The molecule has 164 valence electrons. The Morgan fingerprint density at radius 3 is 2.06 bits per heavy atom. The topological polar surface area (TPSA) is 179 Å². The highest BCUT2D eigenvalue weighted by Gasteiger charge is 2.19. The van der Waals surface area contributed by atoms with Crippen molar-refractivity contribution >= 4 is 28.1 Å². The Hall–Kier alpha value is -4.34. The van der Waals surface area contributed by atoms with Gasteiger partial charge in [0.2, 0.25) is 0 Å². The average molecular weight is 438 g/mol. The summed E-state index contributed by atoms with van der Waals surface area (Å²) in [5.74, 6) is 0. The lowest BCUT2D eigenvalue weighted by atomic mass is 10.1. The van der Waals surface area contributed by atoms with E-state index in [-0.39, 0.29) is 28.6 Å². The molecule has 32 heavy (non-hydrogen) atoms. The highest BCUT2D eigenvalue weighted by Crippen LogP contribution is 2.15. The Labute approximate surface area is 178 Å². The van der Waals surface area contributed by atoms with Gasteiger partial charge in [-0.15, -0.1) is 25.5 Å². The molecular weight excluding hydrogens is 420 g/mol. The van der Waals surface area contributed by atoms with Gasteiger partial charge in [0.15, 0.2) is 6.33 Å². The van der Waals surface area contributed by atoms with E-state index >= 15 is 0 Å². The van der Waals surface area contributed by atoms with Crippen LogP contribution in [0.1, 0.15) is 25.9 Å². The number of benzene rings is 1. The minimum Gasteiger partial charge on any atom is -0.289 e. The van der Waals surface area contributed by atoms with E-state index in [1.165, 1.54) is 39.0 Å². The van der Waals surface area contributed by atoms with Gasteiger partial charge >= 0.3 is 0 Å². The van der Waals surface area contributed by atoms with Crippen LogP contribution in [0, 0.1) is 0 Å². The molecule has 0 saturated heterocycles. The van der Waals surface area contributed by atoms with Crippen LogP contribution >= 0.6 is 0 Å². The van der Waals surface area contributed by atoms with Crippen molar-refractivity contribution in [3.8, 4) is 0 Å². The van der Waals surface area contributed by atoms with Crippen molar-refractivity contribution in [2.45, 2.75) is 32.5 Å². The number of hydrazone groups is 1. The minimum absolute atomic E-state index is 0.285. The Bertz CT molecular complexity index is 1420. The maximum atomic E-state index is 13.0. The first-order chi connectivity index (χ1) is 15.5. The number of rotatable bonds is 6. The van der Waals surface area contributed by atoms with Crippen molar-refractivity contribution in [3.63, 3.8) is 0 Å². The molecule has 5 rings (SSSR count). The van der Waals surface area contributed by atoms with Gasteiger partial charge in [0, 0.05) is 0 Å². The summed E-state index contributed by atoms with van der Waals surface area (Å²) in [4.78, 5) is 27.4. The van der Waals surface area contributed by atoms with Gasteiger partial charge in [0.1, 0.15) is 17.4 Å². The molecule has 0 saturated carbocycles. The number of aromatic nitrogens is 10. The van der Waals surface area contributed by atoms with Gasteiger partial charge in [-0.25, -0.2) is 14.9 Å². The van der Waals surface area contributed by atoms with Gasteiger partial charge in [0.05, 0.1) is 35.9 Å². The summed E-state index contributed by atoms with van der Waals surface area (Å²) >= 11 is 0. The molecule has 4 heterocycles. The van der Waals surface area contributed by atoms with Crippen LogP contribution in [0.5, 0.6) is 0 Å². The third kappa shape index (κ3) is 3.41. The Balaban J connectivity index is 1.51. The summed E-state index contributed by atoms with van der Waals surface area (Å²) in [6.07, 6.45) is 2.80. The average Bonchev–Trinajstić information content (AvgIpc) is 3.48. The van der Waals surface area contributed by atoms with Crippen molar-refractivity contribution in [1.82, 2.24) is 66.3 Å². The zero-order chi connectivity index (χ0) is 22.2. The molecule has 2 N–H and O–H groups in total. The molecule has 1 aromatic carbocycles. The summed E-state index contributed by atoms with van der Waals surface area (Å²) in [6, 6.07) is 2.34. The van der Waals surface area contributed by atoms with E-state index in [0.29, 0.717) is 29.5 Å². The fraction of sp³-hybridized carbons (Fsp3) is 0.375. The Kier molecular flexibility index (Phi) is 4.74. The number of hydrazine groups is 2. The SMILES string of the molecule is CC(CN1NC=NN1)n1nnc2cc3c(=O)n(C(C)Cn4ncnn4)nnc3cc2c1=O. The highest BCUT2D eigenvalue weighted by molar-refractivity contribution is 5.93. The maximum absolute atomic E-state index is 13.0. The number of hydrogen-bond acceptors (Lipinski definition) is 13. The summed E-state index contributed by atoms with van der Waals surface area (Å²) in [5, 5.41) is 33.8. The van der Waals surface area contributed by atoms with Crippen LogP contribution in [0.3, 0.4) is 0 Å². The Morgan fingerprint density at radius 1 is 0.906 bits per heavy atom. The van der Waals surface area contributed by atoms with Crippen molar-refractivity contribution in [2.75, 3.05) is 6.54 Å². The van der Waals surface area contributed by atoms with Crippen LogP contribution in [0.25, 0.3) is 21.8 Å². The number of nitrogens with zero attached hydrogens (tertiary/aromatic N) is 12. The molecule has 4 aromatic rings. The van der Waals surface area contributed by atoms with Gasteiger partial charge in [0.25, 0.3) is 11.1 Å². The summed E-state index contributed by atoms with van der Waals surface area (Å²) in [5.41, 5.74) is 5.49. The van der Waals surface area contributed by atoms with Crippen LogP contribution in [0.15, 0.2) is 33.2 Å². The molecule has 1 aliphatic heterocycles. The van der Waals surface area contributed by atoms with Gasteiger partial charge in [-0.05, 0) is 31.2 Å². The van der Waals surface area contributed by atoms with E-state index in [1.54, 1.807) is 12.0 Å². The molecule has 16 nitrogen and oxygen atoms in total. The van der Waals surface area contributed by atoms with Gasteiger partial charge in [-0.2, -0.15) is 9.90 Å². The van der Waals surface area contributed by atoms with Crippen molar-refractivity contribution in [2.24, 2.45) is 5.10 Å². The lowest BCUT2D eigenvalue weighted by Crippen LogP contribution is -2.44. The van der Waals surface area contributed by atoms with E-state index in [9.17, 15) is 9.59 Å². The van der Waals surface area contributed by atoms with E-state index < -0.39 is 0 Å². The molecule has 0 fully saturated rings. The monoisotopic (exact) mass is 438 g/mol. The van der Waals surface area contributed by atoms with Gasteiger partial charge < -0.3 is 0 Å². The molecule has 16 heteroatoms. The predicted octanol–water partition coefficient (Wildman–Crippen LogP) is -2.03. The molecule has 2 unspecified atom stereocenters. The molecule has 0 radical (unpaired) electrons. The summed E-state index contributed by atoms with van der Waals surface area (Å²) in [7, 11) is 0. The molecule has 0 aliphatic carbocycles. The zero-order valence-corrected chi connectivity index (χ0v) is 17.1. The van der Waals surface area contributed by atoms with Crippen molar-refractivity contribution in [1.29, 1.82) is 0 Å². The molecular formula is C16H18N14O2. The second kappa shape index (κ2) is 7.73. The molecule has 3 aromatic heterocycles. The second-order valence-corrected chi connectivity index (χ2v) is 7.35. The third-order valence-electron chi connectivity index (χ3n) is 5.05. The highest BCUT2D eigenvalue weighted by atomic mass is 16.1. The lowest BCUT2D eigenvalue weighted by molar-refractivity contribution is 0.149. The number of nitrogens with one attached hydrogen (secondary N) is 2. The van der Waals surface area contributed by atoms with Crippen LogP contribution in [0.2, 0.25) is 0 Å². The van der Waals surface area contributed by atoms with E-state index in [2.05, 4.69) is 52.1 Å². The van der Waals surface area contributed by atoms with Crippen molar-refractivity contribution in [3.05, 3.63) is 39.2 Å². The fourth-order valence-corrected chi connectivity index (χ4v) is 3.43. The van der Waals surface area contributed by atoms with Crippen molar-refractivity contribution < 1.29 is 0 Å². The molecule has 2 atom stereocenters. The van der Waals surface area contributed by atoms with E-state index in [0.717, 1.165) is 0 Å². The predicted molar refractivity (Wildman–Crippen MR) is 110 cm³/mol. The molecule has 0 spiro atoms. The number of hydrogen-bond donors (Lipinski definition) is 2. The first-order valence-corrected chi connectivity index (χ1v) is 9.71. The fourth-order valence-electron chi connectivity index (χ4n) is 3.43. The van der Waals surface area contributed by atoms with E-state index in [1.807, 2.05) is 6.92 Å². The second-order valence-electron chi connectivity index (χ2n) is 7.35. The lowest BCUT2D eigenvalue weighted by Gasteiger charge is -2.20. The molecule has 0 amide bonds. The quantitative estimate of drug-likeness (QED) is 0.316. The largest absolute Gasteiger partial charge is 0.289 e. The standard InChI is InChI=1S/C16H18N14O2/c1-9(5-27-19-7-17-23-27)29-15(31)11-3-14-12(4-13(11)21-25-29)16(32)30(26-22-14)10(2)6-28-20-8-18-24-28/h3-4,7-10,23H,5-6H2,1-2H3,(H,17,19). The van der Waals surface area contributed by atoms with Crippen LogP contribution < -0.4 is 22.1 Å². The summed E-state index contributed by atoms with van der Waals surface area (Å²) < 4.78 is 2.52. The van der Waals surface area contributed by atoms with Gasteiger partial charge in [-0.1, -0.05) is 10.4 Å². The normalized spacial score (nSPS) is 15.7. The Morgan fingerprint density at radius 2 is 1.53 bits per heavy atom. The zero-order valence-electron chi connectivity index (χ0n) is 17.1. The first-order valence-electron chi connectivity index (χ1n) is 9.71. The number of tetrazole rings is 1.